The monoisotopic (exact) mass is 357 g/mol. The van der Waals surface area contributed by atoms with Gasteiger partial charge in [0.2, 0.25) is 0 Å². The van der Waals surface area contributed by atoms with Gasteiger partial charge >= 0.3 is 26.2 Å². The molecule has 1 radical (unpaired) electrons. The molecule has 0 aliphatic heterocycles. The Labute approximate surface area is 131 Å². The Morgan fingerprint density at radius 1 is 1.07 bits per heavy atom. The smallest absolute Gasteiger partial charge is 1.00 e. The molecule has 15 heavy (non-hydrogen) atoms. The molecule has 5 heteroatoms. The van der Waals surface area contributed by atoms with E-state index in [-0.39, 0.29) is 51.0 Å². The second-order valence-corrected chi connectivity index (χ2v) is 3.77. The van der Waals surface area contributed by atoms with Crippen molar-refractivity contribution in [1.82, 2.24) is 0 Å². The molecule has 0 amide bonds. The fourth-order valence-electron chi connectivity index (χ4n) is 1.39. The van der Waals surface area contributed by atoms with Gasteiger partial charge in [0, 0.05) is 5.02 Å². The molecule has 0 nitrogen and oxygen atoms in total. The Balaban J connectivity index is 0. The molecule has 0 atom stereocenters. The summed E-state index contributed by atoms with van der Waals surface area (Å²) in [5, 5.41) is 3.62. The molecule has 0 fully saturated rings. The van der Waals surface area contributed by atoms with Crippen molar-refractivity contribution in [3.8, 4) is 0 Å². The average Bonchev–Trinajstić information content (AvgIpc) is 2.29. The molecule has 2 aromatic rings. The van der Waals surface area contributed by atoms with E-state index in [2.05, 4.69) is 12.1 Å². The van der Waals surface area contributed by atoms with Crippen molar-refractivity contribution in [1.29, 1.82) is 0 Å². The molecule has 2 rings (SSSR count). The van der Waals surface area contributed by atoms with Crippen LogP contribution in [0.4, 0.5) is 0 Å². The first-order valence-electron chi connectivity index (χ1n) is 3.69. The molecule has 0 heterocycles. The van der Waals surface area contributed by atoms with Gasteiger partial charge in [-0.2, -0.15) is 6.07 Å². The van der Waals surface area contributed by atoms with Crippen LogP contribution in [0, 0.1) is 6.92 Å². The quantitative estimate of drug-likeness (QED) is 0.486. The normalized spacial score (nSPS) is 8.73. The second-order valence-electron chi connectivity index (χ2n) is 2.92. The largest absolute Gasteiger partial charge is 3.00 e. The molecular formula is C10H7Cl4Zr. The Morgan fingerprint density at radius 3 is 2.27 bits per heavy atom. The SMILES string of the molecule is Cc1cc2c(Cl)cc(Cl)cc2[cH-]1.[Cl-].[Cl-].[Zr+3]. The number of aryl methyl sites for hydroxylation is 1. The van der Waals surface area contributed by atoms with Gasteiger partial charge in [0.15, 0.2) is 0 Å². The van der Waals surface area contributed by atoms with Crippen molar-refractivity contribution >= 4 is 34.0 Å². The van der Waals surface area contributed by atoms with Crippen LogP contribution in [0.3, 0.4) is 0 Å². The summed E-state index contributed by atoms with van der Waals surface area (Å²) in [5.74, 6) is 0. The van der Waals surface area contributed by atoms with E-state index >= 15 is 0 Å². The summed E-state index contributed by atoms with van der Waals surface area (Å²) in [6.45, 7) is 2.05. The maximum atomic E-state index is 5.99. The van der Waals surface area contributed by atoms with Crippen LogP contribution in [0.5, 0.6) is 0 Å². The molecule has 0 unspecified atom stereocenters. The van der Waals surface area contributed by atoms with Gasteiger partial charge in [-0.3, -0.25) is 0 Å². The standard InChI is InChI=1S/C10H7Cl2.2ClH.Zr/c1-6-2-7-4-8(11)5-10(12)9(7)3-6;;;/h2-5H,1H3;2*1H;/q-1;;;+3/p-2. The van der Waals surface area contributed by atoms with Crippen LogP contribution in [-0.4, -0.2) is 0 Å². The van der Waals surface area contributed by atoms with E-state index in [4.69, 9.17) is 23.2 Å². The Bertz CT molecular complexity index is 436. The van der Waals surface area contributed by atoms with Crippen molar-refractivity contribution in [3.05, 3.63) is 39.9 Å². The van der Waals surface area contributed by atoms with Crippen LogP contribution >= 0.6 is 23.2 Å². The third kappa shape index (κ3) is 3.98. The van der Waals surface area contributed by atoms with E-state index in [0.717, 1.165) is 15.8 Å². The van der Waals surface area contributed by atoms with Gasteiger partial charge in [-0.15, -0.1) is 28.5 Å². The number of hydrogen-bond donors (Lipinski definition) is 0. The molecule has 0 spiro atoms. The molecule has 79 valence electrons. The molecule has 0 aliphatic carbocycles. The fourth-order valence-corrected chi connectivity index (χ4v) is 1.95. The number of benzene rings is 1. The van der Waals surface area contributed by atoms with Crippen molar-refractivity contribution in [3.63, 3.8) is 0 Å². The maximum absolute atomic E-state index is 5.99. The Hall–Kier alpha value is 0.873. The Morgan fingerprint density at radius 2 is 1.67 bits per heavy atom. The molecule has 0 saturated carbocycles. The molecule has 0 aromatic heterocycles. The predicted molar refractivity (Wildman–Crippen MR) is 54.3 cm³/mol. The first-order chi connectivity index (χ1) is 5.66. The van der Waals surface area contributed by atoms with E-state index < -0.39 is 0 Å². The number of hydrogen-bond acceptors (Lipinski definition) is 0. The van der Waals surface area contributed by atoms with Crippen molar-refractivity contribution < 1.29 is 51.0 Å². The zero-order valence-electron chi connectivity index (χ0n) is 7.82. The van der Waals surface area contributed by atoms with E-state index in [0.29, 0.717) is 5.02 Å². The summed E-state index contributed by atoms with van der Waals surface area (Å²) in [7, 11) is 0. The summed E-state index contributed by atoms with van der Waals surface area (Å²) >= 11 is 11.8. The number of fused-ring (bicyclic) bond motifs is 1. The minimum absolute atomic E-state index is 0. The molecule has 0 bridgehead atoms. The van der Waals surface area contributed by atoms with Crippen molar-refractivity contribution in [2.75, 3.05) is 0 Å². The second kappa shape index (κ2) is 7.25. The predicted octanol–water partition coefficient (Wildman–Crippen LogP) is -1.82. The summed E-state index contributed by atoms with van der Waals surface area (Å²) in [5.41, 5.74) is 1.22. The average molecular weight is 360 g/mol. The molecule has 0 N–H and O–H groups in total. The molecule has 0 aliphatic rings. The van der Waals surface area contributed by atoms with Crippen LogP contribution in [0.25, 0.3) is 10.8 Å². The third-order valence-corrected chi connectivity index (χ3v) is 2.41. The number of halogens is 4. The maximum Gasteiger partial charge on any atom is 3.00 e. The summed E-state index contributed by atoms with van der Waals surface area (Å²) in [6.07, 6.45) is 0. The minimum atomic E-state index is 0. The first kappa shape index (κ1) is 18.2. The van der Waals surface area contributed by atoms with Crippen molar-refractivity contribution in [2.45, 2.75) is 6.92 Å². The van der Waals surface area contributed by atoms with Crippen LogP contribution < -0.4 is 24.8 Å². The van der Waals surface area contributed by atoms with E-state index in [9.17, 15) is 0 Å². The molecule has 0 saturated heterocycles. The van der Waals surface area contributed by atoms with Gasteiger partial charge in [0.05, 0.1) is 0 Å². The van der Waals surface area contributed by atoms with Gasteiger partial charge in [-0.05, 0) is 11.1 Å². The first-order valence-corrected chi connectivity index (χ1v) is 4.44. The van der Waals surface area contributed by atoms with E-state index in [1.807, 2.05) is 13.0 Å². The van der Waals surface area contributed by atoms with Gasteiger partial charge in [-0.1, -0.05) is 30.1 Å². The number of rotatable bonds is 0. The van der Waals surface area contributed by atoms with Gasteiger partial charge in [-0.25, -0.2) is 0 Å². The third-order valence-electron chi connectivity index (χ3n) is 1.88. The van der Waals surface area contributed by atoms with Crippen LogP contribution in [0.2, 0.25) is 10.0 Å². The van der Waals surface area contributed by atoms with Crippen LogP contribution in [0.15, 0.2) is 24.3 Å². The summed E-state index contributed by atoms with van der Waals surface area (Å²) in [4.78, 5) is 0. The zero-order chi connectivity index (χ0) is 8.72. The van der Waals surface area contributed by atoms with E-state index in [1.165, 1.54) is 5.56 Å². The molecule has 2 aromatic carbocycles. The van der Waals surface area contributed by atoms with Crippen molar-refractivity contribution in [2.24, 2.45) is 0 Å². The van der Waals surface area contributed by atoms with Crippen LogP contribution in [-0.2, 0) is 26.2 Å². The van der Waals surface area contributed by atoms with Crippen LogP contribution in [0.1, 0.15) is 5.56 Å². The van der Waals surface area contributed by atoms with Gasteiger partial charge in [0.1, 0.15) is 0 Å². The van der Waals surface area contributed by atoms with Gasteiger partial charge in [0.25, 0.3) is 0 Å². The minimum Gasteiger partial charge on any atom is -1.00 e. The summed E-state index contributed by atoms with van der Waals surface area (Å²) < 4.78 is 0. The Kier molecular flexibility index (Phi) is 8.82. The fraction of sp³-hybridized carbons (Fsp3) is 0.100. The van der Waals surface area contributed by atoms with E-state index in [1.54, 1.807) is 6.07 Å². The zero-order valence-corrected chi connectivity index (χ0v) is 13.3. The van der Waals surface area contributed by atoms with Gasteiger partial charge < -0.3 is 24.8 Å². The topological polar surface area (TPSA) is 0 Å². The summed E-state index contributed by atoms with van der Waals surface area (Å²) in [6, 6.07) is 7.84. The molecular weight excluding hydrogens is 353 g/mol.